The monoisotopic (exact) mass is 169 g/mol. The Kier molecular flexibility index (Phi) is 1.78. The largest absolute Gasteiger partial charge is 0.507 e. The van der Waals surface area contributed by atoms with Gasteiger partial charge < -0.3 is 14.9 Å². The molecule has 1 aliphatic rings. The average Bonchev–Trinajstić information content (AvgIpc) is 2.30. The van der Waals surface area contributed by atoms with E-state index in [0.717, 1.165) is 0 Å². The number of carbonyl (C=O) groups is 1. The van der Waals surface area contributed by atoms with Crippen molar-refractivity contribution in [3.05, 3.63) is 11.5 Å². The predicted molar refractivity (Wildman–Crippen MR) is 36.6 cm³/mol. The van der Waals surface area contributed by atoms with Crippen LogP contribution in [0.25, 0.3) is 0 Å². The number of esters is 1. The van der Waals surface area contributed by atoms with Gasteiger partial charge in [-0.25, -0.2) is 4.79 Å². The van der Waals surface area contributed by atoms with Gasteiger partial charge in [-0.15, -0.1) is 0 Å². The second-order valence-electron chi connectivity index (χ2n) is 2.56. The second kappa shape index (κ2) is 2.50. The summed E-state index contributed by atoms with van der Waals surface area (Å²) in [7, 11) is 0. The lowest BCUT2D eigenvalue weighted by atomic mass is 9.91. The summed E-state index contributed by atoms with van der Waals surface area (Å²) in [5.41, 5.74) is -1.65. The molecule has 5 heteroatoms. The summed E-state index contributed by atoms with van der Waals surface area (Å²) >= 11 is 0. The number of hydrogen-bond donors (Lipinski definition) is 2. The maximum Gasteiger partial charge on any atom is 0.339 e. The highest BCUT2D eigenvalue weighted by Gasteiger charge is 2.48. The van der Waals surface area contributed by atoms with Crippen LogP contribution >= 0.6 is 0 Å². The lowest BCUT2D eigenvalue weighted by Crippen LogP contribution is -2.23. The molecule has 1 atom stereocenters. The molecule has 1 aliphatic heterocycles. The molecule has 0 aromatic rings. The van der Waals surface area contributed by atoms with E-state index in [9.17, 15) is 9.90 Å². The van der Waals surface area contributed by atoms with Crippen LogP contribution in [0.2, 0.25) is 0 Å². The van der Waals surface area contributed by atoms with Crippen molar-refractivity contribution >= 4 is 5.97 Å². The standard InChI is InChI=1S/C7H7NO4/c1-7(3-8)5(10)4(2-9)12-6(7)11/h9-10H,2H2,1H3. The molecule has 0 aromatic carbocycles. The lowest BCUT2D eigenvalue weighted by molar-refractivity contribution is -0.143. The molecule has 64 valence electrons. The molecule has 0 bridgehead atoms. The normalized spacial score (nSPS) is 28.6. The predicted octanol–water partition coefficient (Wildman–Crippen LogP) is -0.165. The van der Waals surface area contributed by atoms with E-state index < -0.39 is 23.8 Å². The number of aliphatic hydroxyl groups excluding tert-OH is 2. The first-order valence-corrected chi connectivity index (χ1v) is 3.23. The number of aliphatic hydroxyl groups is 2. The van der Waals surface area contributed by atoms with Crippen molar-refractivity contribution in [1.29, 1.82) is 5.26 Å². The summed E-state index contributed by atoms with van der Waals surface area (Å²) in [6.07, 6.45) is 0. The van der Waals surface area contributed by atoms with Gasteiger partial charge >= 0.3 is 5.97 Å². The fourth-order valence-electron chi connectivity index (χ4n) is 0.844. The third kappa shape index (κ3) is 0.855. The smallest absolute Gasteiger partial charge is 0.339 e. The van der Waals surface area contributed by atoms with E-state index >= 15 is 0 Å². The topological polar surface area (TPSA) is 90.6 Å². The molecule has 0 aliphatic carbocycles. The van der Waals surface area contributed by atoms with Crippen molar-refractivity contribution in [3.8, 4) is 6.07 Å². The van der Waals surface area contributed by atoms with Crippen LogP contribution < -0.4 is 0 Å². The molecular formula is C7H7NO4. The minimum absolute atomic E-state index is 0.246. The Balaban J connectivity index is 3.15. The molecule has 0 aromatic heterocycles. The van der Waals surface area contributed by atoms with Gasteiger partial charge in [0.05, 0.1) is 6.07 Å². The van der Waals surface area contributed by atoms with Gasteiger partial charge in [-0.05, 0) is 6.92 Å². The SMILES string of the molecule is CC1(C#N)C(=O)OC(CO)=C1O. The van der Waals surface area contributed by atoms with Crippen molar-refractivity contribution in [1.82, 2.24) is 0 Å². The van der Waals surface area contributed by atoms with Crippen LogP contribution in [0, 0.1) is 16.7 Å². The summed E-state index contributed by atoms with van der Waals surface area (Å²) in [4.78, 5) is 10.9. The Morgan fingerprint density at radius 1 is 1.75 bits per heavy atom. The fourth-order valence-corrected chi connectivity index (χ4v) is 0.844. The molecule has 0 spiro atoms. The van der Waals surface area contributed by atoms with Crippen LogP contribution in [0.4, 0.5) is 0 Å². The van der Waals surface area contributed by atoms with E-state index in [1.165, 1.54) is 6.92 Å². The van der Waals surface area contributed by atoms with Gasteiger partial charge in [0.1, 0.15) is 6.61 Å². The molecule has 0 amide bonds. The highest BCUT2D eigenvalue weighted by Crippen LogP contribution is 2.35. The van der Waals surface area contributed by atoms with Crippen LogP contribution in [0.1, 0.15) is 6.92 Å². The van der Waals surface area contributed by atoms with Crippen LogP contribution in [0.3, 0.4) is 0 Å². The number of nitriles is 1. The highest BCUT2D eigenvalue weighted by molar-refractivity contribution is 5.86. The Hall–Kier alpha value is -1.54. The molecule has 0 saturated carbocycles. The Morgan fingerprint density at radius 3 is 2.58 bits per heavy atom. The number of cyclic esters (lactones) is 1. The quantitative estimate of drug-likeness (QED) is 0.532. The van der Waals surface area contributed by atoms with Crippen molar-refractivity contribution in [2.75, 3.05) is 6.61 Å². The first-order chi connectivity index (χ1) is 5.56. The third-order valence-electron chi connectivity index (χ3n) is 1.73. The van der Waals surface area contributed by atoms with E-state index in [1.54, 1.807) is 6.07 Å². The van der Waals surface area contributed by atoms with E-state index in [1.807, 2.05) is 0 Å². The van der Waals surface area contributed by atoms with Gasteiger partial charge in [-0.1, -0.05) is 0 Å². The van der Waals surface area contributed by atoms with E-state index in [0.29, 0.717) is 0 Å². The minimum Gasteiger partial charge on any atom is -0.507 e. The summed E-state index contributed by atoms with van der Waals surface area (Å²) < 4.78 is 4.45. The number of hydrogen-bond acceptors (Lipinski definition) is 5. The molecule has 1 rings (SSSR count). The second-order valence-corrected chi connectivity index (χ2v) is 2.56. The number of nitrogens with zero attached hydrogens (tertiary/aromatic N) is 1. The van der Waals surface area contributed by atoms with Gasteiger partial charge in [0.25, 0.3) is 0 Å². The Bertz CT molecular complexity index is 301. The van der Waals surface area contributed by atoms with Crippen molar-refractivity contribution in [2.24, 2.45) is 5.41 Å². The van der Waals surface area contributed by atoms with Gasteiger partial charge in [-0.2, -0.15) is 5.26 Å². The van der Waals surface area contributed by atoms with Gasteiger partial charge in [0, 0.05) is 0 Å². The fraction of sp³-hybridized carbons (Fsp3) is 0.429. The van der Waals surface area contributed by atoms with E-state index in [-0.39, 0.29) is 5.76 Å². The maximum atomic E-state index is 10.9. The molecule has 0 radical (unpaired) electrons. The average molecular weight is 169 g/mol. The molecule has 0 fully saturated rings. The number of ether oxygens (including phenoxy) is 1. The Morgan fingerprint density at radius 2 is 2.33 bits per heavy atom. The van der Waals surface area contributed by atoms with Gasteiger partial charge in [0.2, 0.25) is 5.41 Å². The molecule has 12 heavy (non-hydrogen) atoms. The zero-order valence-electron chi connectivity index (χ0n) is 6.37. The molecule has 1 heterocycles. The van der Waals surface area contributed by atoms with Crippen LogP contribution in [-0.4, -0.2) is 22.8 Å². The third-order valence-corrected chi connectivity index (χ3v) is 1.73. The van der Waals surface area contributed by atoms with E-state index in [2.05, 4.69) is 4.74 Å². The summed E-state index contributed by atoms with van der Waals surface area (Å²) in [5.74, 6) is -1.60. The molecular weight excluding hydrogens is 162 g/mol. The van der Waals surface area contributed by atoms with E-state index in [4.69, 9.17) is 10.4 Å². The molecule has 2 N–H and O–H groups in total. The van der Waals surface area contributed by atoms with Crippen molar-refractivity contribution < 1.29 is 19.7 Å². The van der Waals surface area contributed by atoms with Crippen LogP contribution in [0.15, 0.2) is 11.5 Å². The minimum atomic E-state index is -1.65. The number of rotatable bonds is 1. The van der Waals surface area contributed by atoms with Gasteiger partial charge in [0.15, 0.2) is 11.5 Å². The zero-order chi connectivity index (χ0) is 9.35. The van der Waals surface area contributed by atoms with Gasteiger partial charge in [-0.3, -0.25) is 0 Å². The molecule has 0 saturated heterocycles. The first-order valence-electron chi connectivity index (χ1n) is 3.23. The molecule has 1 unspecified atom stereocenters. The lowest BCUT2D eigenvalue weighted by Gasteiger charge is -2.07. The van der Waals surface area contributed by atoms with Crippen LogP contribution in [0.5, 0.6) is 0 Å². The first kappa shape index (κ1) is 8.56. The highest BCUT2D eigenvalue weighted by atomic mass is 16.6. The summed E-state index contributed by atoms with van der Waals surface area (Å²) in [6, 6.07) is 1.61. The van der Waals surface area contributed by atoms with Crippen LogP contribution in [-0.2, 0) is 9.53 Å². The zero-order valence-corrected chi connectivity index (χ0v) is 6.37. The molecule has 5 nitrogen and oxygen atoms in total. The maximum absolute atomic E-state index is 10.9. The van der Waals surface area contributed by atoms with Crippen molar-refractivity contribution in [2.45, 2.75) is 6.92 Å². The summed E-state index contributed by atoms with van der Waals surface area (Å²) in [6.45, 7) is 0.641. The summed E-state index contributed by atoms with van der Waals surface area (Å²) in [5, 5.41) is 26.4. The number of carbonyl (C=O) groups excluding carboxylic acids is 1. The Labute approximate surface area is 68.5 Å². The van der Waals surface area contributed by atoms with Crippen molar-refractivity contribution in [3.63, 3.8) is 0 Å².